The molecule has 3 aromatic rings. The van der Waals surface area contributed by atoms with Crippen molar-refractivity contribution in [1.29, 1.82) is 0 Å². The van der Waals surface area contributed by atoms with Crippen molar-refractivity contribution < 1.29 is 17.9 Å². The van der Waals surface area contributed by atoms with E-state index < -0.39 is 16.1 Å². The summed E-state index contributed by atoms with van der Waals surface area (Å²) in [6.45, 7) is 0.641. The highest BCUT2D eigenvalue weighted by molar-refractivity contribution is 7.90. The van der Waals surface area contributed by atoms with Crippen LogP contribution in [0.25, 0.3) is 5.57 Å². The molecular formula is C24H24Cl2N4O4S. The van der Waals surface area contributed by atoms with Crippen LogP contribution in [0, 0.1) is 0 Å². The van der Waals surface area contributed by atoms with Crippen LogP contribution < -0.4 is 14.8 Å². The Morgan fingerprint density at radius 2 is 1.94 bits per heavy atom. The van der Waals surface area contributed by atoms with Crippen LogP contribution in [0.3, 0.4) is 0 Å². The molecule has 11 heteroatoms. The van der Waals surface area contributed by atoms with Crippen LogP contribution >= 0.6 is 23.2 Å². The van der Waals surface area contributed by atoms with Crippen LogP contribution in [0.5, 0.6) is 5.75 Å². The minimum Gasteiger partial charge on any atom is -0.497 e. The maximum absolute atomic E-state index is 12.4. The van der Waals surface area contributed by atoms with Gasteiger partial charge in [0.15, 0.2) is 0 Å². The number of halogens is 2. The van der Waals surface area contributed by atoms with E-state index in [1.807, 2.05) is 27.7 Å². The average molecular weight is 535 g/mol. The lowest BCUT2D eigenvalue weighted by molar-refractivity contribution is 0.247. The summed E-state index contributed by atoms with van der Waals surface area (Å²) >= 11 is 12.4. The number of aryl methyl sites for hydroxylation is 1. The topological polar surface area (TPSA) is 102 Å². The number of hydrogen-bond acceptors (Lipinski definition) is 5. The highest BCUT2D eigenvalue weighted by Crippen LogP contribution is 2.31. The number of carbonyl (C=O) groups is 1. The zero-order chi connectivity index (χ0) is 25.0. The summed E-state index contributed by atoms with van der Waals surface area (Å²) in [6, 6.07) is 10.3. The molecule has 8 nitrogen and oxygen atoms in total. The molecule has 1 aromatic heterocycles. The van der Waals surface area contributed by atoms with Gasteiger partial charge in [-0.05, 0) is 72.4 Å². The summed E-state index contributed by atoms with van der Waals surface area (Å²) in [6.07, 6.45) is 6.44. The number of ether oxygens (including phenoxy) is 1. The Morgan fingerprint density at radius 1 is 1.17 bits per heavy atom. The molecule has 0 bridgehead atoms. The van der Waals surface area contributed by atoms with E-state index in [1.165, 1.54) is 31.4 Å². The van der Waals surface area contributed by atoms with Crippen LogP contribution in [0.2, 0.25) is 10.0 Å². The fourth-order valence-electron chi connectivity index (χ4n) is 3.94. The van der Waals surface area contributed by atoms with Gasteiger partial charge >= 0.3 is 6.03 Å². The third-order valence-corrected chi connectivity index (χ3v) is 7.59. The second kappa shape index (κ2) is 10.7. The van der Waals surface area contributed by atoms with Crippen LogP contribution in [0.1, 0.15) is 29.7 Å². The SMILES string of the molecule is COc1ccc(S(=O)(=O)NC(=O)NC/C=C2\CCCc3cnn(Cc4ccc(Cl)cc4Cl)c32)cc1. The molecule has 1 aliphatic carbocycles. The summed E-state index contributed by atoms with van der Waals surface area (Å²) < 4.78 is 33.8. The number of benzene rings is 2. The first-order chi connectivity index (χ1) is 16.8. The number of allylic oxidation sites excluding steroid dienone is 1. The van der Waals surface area contributed by atoms with E-state index in [2.05, 4.69) is 10.4 Å². The third kappa shape index (κ3) is 5.98. The summed E-state index contributed by atoms with van der Waals surface area (Å²) in [5, 5.41) is 8.27. The average Bonchev–Trinajstić information content (AvgIpc) is 3.24. The molecule has 0 aliphatic heterocycles. The Balaban J connectivity index is 1.43. The number of nitrogens with one attached hydrogen (secondary N) is 2. The quantitative estimate of drug-likeness (QED) is 0.459. The van der Waals surface area contributed by atoms with Crippen molar-refractivity contribution in [3.8, 4) is 5.75 Å². The van der Waals surface area contributed by atoms with Crippen LogP contribution in [-0.4, -0.2) is 37.9 Å². The Morgan fingerprint density at radius 3 is 2.66 bits per heavy atom. The molecule has 0 radical (unpaired) electrons. The van der Waals surface area contributed by atoms with Gasteiger partial charge in [-0.25, -0.2) is 17.9 Å². The van der Waals surface area contributed by atoms with Gasteiger partial charge in [-0.1, -0.05) is 35.3 Å². The number of sulfonamides is 1. The van der Waals surface area contributed by atoms with Crippen molar-refractivity contribution in [2.24, 2.45) is 0 Å². The van der Waals surface area contributed by atoms with Gasteiger partial charge in [0.1, 0.15) is 5.75 Å². The molecular weight excluding hydrogens is 511 g/mol. The maximum Gasteiger partial charge on any atom is 0.328 e. The number of aromatic nitrogens is 2. The summed E-state index contributed by atoms with van der Waals surface area (Å²) in [5.41, 5.74) is 4.05. The van der Waals surface area contributed by atoms with E-state index in [9.17, 15) is 13.2 Å². The number of fused-ring (bicyclic) bond motifs is 1. The van der Waals surface area contributed by atoms with Gasteiger partial charge in [-0.3, -0.25) is 4.68 Å². The van der Waals surface area contributed by atoms with E-state index >= 15 is 0 Å². The van der Waals surface area contributed by atoms with Gasteiger partial charge in [0, 0.05) is 16.6 Å². The standard InChI is InChI=1S/C24H24Cl2N4O4S/c1-34-20-7-9-21(10-8-20)35(32,33)29-24(31)27-12-11-16-3-2-4-17-14-28-30(23(16)17)15-18-5-6-19(25)13-22(18)26/h5-11,13-14H,2-4,12,15H2,1H3,(H2,27,29,31)/b16-11+. The molecule has 0 fully saturated rings. The summed E-state index contributed by atoms with van der Waals surface area (Å²) in [4.78, 5) is 12.2. The molecule has 0 spiro atoms. The fourth-order valence-corrected chi connectivity index (χ4v) is 5.33. The minimum absolute atomic E-state index is 0.0338. The van der Waals surface area contributed by atoms with Crippen molar-refractivity contribution in [1.82, 2.24) is 19.8 Å². The molecule has 2 N–H and O–H groups in total. The highest BCUT2D eigenvalue weighted by Gasteiger charge is 2.21. The van der Waals surface area contributed by atoms with Gasteiger partial charge in [0.25, 0.3) is 10.0 Å². The minimum atomic E-state index is -4.00. The second-order valence-electron chi connectivity index (χ2n) is 7.99. The molecule has 0 saturated carbocycles. The molecule has 184 valence electrons. The second-order valence-corrected chi connectivity index (χ2v) is 10.5. The normalized spacial score (nSPS) is 14.4. The zero-order valence-electron chi connectivity index (χ0n) is 18.9. The molecule has 4 rings (SSSR count). The maximum atomic E-state index is 12.4. The fraction of sp³-hybridized carbons (Fsp3) is 0.250. The first kappa shape index (κ1) is 25.1. The van der Waals surface area contributed by atoms with Crippen molar-refractivity contribution >= 4 is 44.8 Å². The van der Waals surface area contributed by atoms with E-state index in [1.54, 1.807) is 12.1 Å². The van der Waals surface area contributed by atoms with Gasteiger partial charge in [-0.2, -0.15) is 5.10 Å². The Bertz CT molecular complexity index is 1370. The van der Waals surface area contributed by atoms with Crippen molar-refractivity contribution in [3.05, 3.63) is 81.6 Å². The molecule has 0 atom stereocenters. The molecule has 0 saturated heterocycles. The van der Waals surface area contributed by atoms with Crippen LogP contribution in [0.15, 0.2) is 59.6 Å². The lowest BCUT2D eigenvalue weighted by Crippen LogP contribution is -2.39. The van der Waals surface area contributed by atoms with Gasteiger partial charge < -0.3 is 10.1 Å². The number of urea groups is 1. The molecule has 35 heavy (non-hydrogen) atoms. The monoisotopic (exact) mass is 534 g/mol. The smallest absolute Gasteiger partial charge is 0.328 e. The molecule has 2 amide bonds. The number of methoxy groups -OCH3 is 1. The predicted octanol–water partition coefficient (Wildman–Crippen LogP) is 4.65. The number of carbonyl (C=O) groups excluding carboxylic acids is 1. The molecule has 1 aliphatic rings. The zero-order valence-corrected chi connectivity index (χ0v) is 21.3. The summed E-state index contributed by atoms with van der Waals surface area (Å²) in [5.74, 6) is 0.518. The number of hydrogen-bond donors (Lipinski definition) is 2. The number of nitrogens with zero attached hydrogens (tertiary/aromatic N) is 2. The highest BCUT2D eigenvalue weighted by atomic mass is 35.5. The Hall–Kier alpha value is -3.01. The number of rotatable bonds is 7. The Labute approximate surface area is 213 Å². The van der Waals surface area contributed by atoms with Crippen molar-refractivity contribution in [2.45, 2.75) is 30.7 Å². The van der Waals surface area contributed by atoms with Crippen molar-refractivity contribution in [3.63, 3.8) is 0 Å². The number of amides is 2. The van der Waals surface area contributed by atoms with Crippen LogP contribution in [-0.2, 0) is 23.0 Å². The molecule has 2 aromatic carbocycles. The third-order valence-electron chi connectivity index (χ3n) is 5.65. The van der Waals surface area contributed by atoms with Gasteiger partial charge in [-0.15, -0.1) is 0 Å². The summed E-state index contributed by atoms with van der Waals surface area (Å²) in [7, 11) is -2.52. The molecule has 0 unspecified atom stereocenters. The van der Waals surface area contributed by atoms with E-state index in [0.717, 1.165) is 41.7 Å². The van der Waals surface area contributed by atoms with Gasteiger partial charge in [0.05, 0.1) is 30.4 Å². The first-order valence-corrected chi connectivity index (χ1v) is 13.1. The largest absolute Gasteiger partial charge is 0.497 e. The van der Waals surface area contributed by atoms with E-state index in [0.29, 0.717) is 22.3 Å². The van der Waals surface area contributed by atoms with Crippen LogP contribution in [0.4, 0.5) is 4.79 Å². The van der Waals surface area contributed by atoms with Gasteiger partial charge in [0.2, 0.25) is 0 Å². The first-order valence-electron chi connectivity index (χ1n) is 10.9. The Kier molecular flexibility index (Phi) is 7.69. The lowest BCUT2D eigenvalue weighted by Gasteiger charge is -2.18. The predicted molar refractivity (Wildman–Crippen MR) is 135 cm³/mol. The van der Waals surface area contributed by atoms with E-state index in [4.69, 9.17) is 27.9 Å². The molecule has 1 heterocycles. The van der Waals surface area contributed by atoms with Crippen molar-refractivity contribution in [2.75, 3.05) is 13.7 Å². The van der Waals surface area contributed by atoms with E-state index in [-0.39, 0.29) is 11.4 Å². The lowest BCUT2D eigenvalue weighted by atomic mass is 9.92.